The maximum Gasteiger partial charge on any atom is 0.241 e. The van der Waals surface area contributed by atoms with Gasteiger partial charge in [0.1, 0.15) is 0 Å². The second-order valence-electron chi connectivity index (χ2n) is 4.91. The van der Waals surface area contributed by atoms with Crippen LogP contribution in [0.1, 0.15) is 18.9 Å². The first kappa shape index (κ1) is 12.5. The van der Waals surface area contributed by atoms with E-state index in [9.17, 15) is 8.42 Å². The summed E-state index contributed by atoms with van der Waals surface area (Å²) in [5.74, 6) is 0. The lowest BCUT2D eigenvalue weighted by Crippen LogP contribution is -2.47. The average Bonchev–Trinajstić information content (AvgIpc) is 2.64. The van der Waals surface area contributed by atoms with Crippen LogP contribution in [0.5, 0.6) is 0 Å². The molecule has 0 saturated carbocycles. The molecule has 0 spiro atoms. The van der Waals surface area contributed by atoms with Crippen molar-refractivity contribution in [3.63, 3.8) is 0 Å². The van der Waals surface area contributed by atoms with Gasteiger partial charge in [0, 0.05) is 12.1 Å². The molecule has 1 aliphatic rings. The molecule has 1 aromatic rings. The molecule has 0 amide bonds. The highest BCUT2D eigenvalue weighted by Crippen LogP contribution is 2.18. The van der Waals surface area contributed by atoms with Crippen LogP contribution in [0.4, 0.5) is 0 Å². The van der Waals surface area contributed by atoms with Gasteiger partial charge in [-0.15, -0.1) is 0 Å². The number of hydrogen-bond acceptors (Lipinski definition) is 3. The Kier molecular flexibility index (Phi) is 3.25. The average molecular weight is 254 g/mol. The van der Waals surface area contributed by atoms with Crippen molar-refractivity contribution in [2.24, 2.45) is 0 Å². The first-order valence-electron chi connectivity index (χ1n) is 5.73. The standard InChI is InChI=1S/C12H18N2O2S/c1-10-3-5-11(6-4-10)17(15,16)14-12(2)7-8-13-9-12/h3-6,13-14H,7-9H2,1-2H3. The third-order valence-electron chi connectivity index (χ3n) is 3.08. The Hall–Kier alpha value is -0.910. The number of sulfonamides is 1. The van der Waals surface area contributed by atoms with E-state index in [-0.39, 0.29) is 5.54 Å². The lowest BCUT2D eigenvalue weighted by atomic mass is 10.0. The summed E-state index contributed by atoms with van der Waals surface area (Å²) in [7, 11) is -3.41. The van der Waals surface area contributed by atoms with E-state index in [2.05, 4.69) is 10.0 Å². The zero-order valence-electron chi connectivity index (χ0n) is 10.2. The molecule has 1 fully saturated rings. The first-order valence-corrected chi connectivity index (χ1v) is 7.21. The highest BCUT2D eigenvalue weighted by Gasteiger charge is 2.33. The summed E-state index contributed by atoms with van der Waals surface area (Å²) in [4.78, 5) is 0.330. The molecule has 1 aromatic carbocycles. The van der Waals surface area contributed by atoms with Crippen LogP contribution in [-0.2, 0) is 10.0 Å². The van der Waals surface area contributed by atoms with Crippen molar-refractivity contribution in [3.05, 3.63) is 29.8 Å². The summed E-state index contributed by atoms with van der Waals surface area (Å²) in [5.41, 5.74) is 0.682. The van der Waals surface area contributed by atoms with Crippen molar-refractivity contribution >= 4 is 10.0 Å². The van der Waals surface area contributed by atoms with Gasteiger partial charge in [-0.05, 0) is 38.9 Å². The second-order valence-corrected chi connectivity index (χ2v) is 6.59. The first-order chi connectivity index (χ1) is 7.91. The molecular formula is C12H18N2O2S. The van der Waals surface area contributed by atoms with Crippen molar-refractivity contribution in [1.29, 1.82) is 0 Å². The molecule has 94 valence electrons. The molecule has 1 saturated heterocycles. The van der Waals surface area contributed by atoms with Gasteiger partial charge < -0.3 is 5.32 Å². The summed E-state index contributed by atoms with van der Waals surface area (Å²) in [6, 6.07) is 6.90. The molecule has 1 atom stereocenters. The molecule has 17 heavy (non-hydrogen) atoms. The fourth-order valence-corrected chi connectivity index (χ4v) is 3.44. The molecule has 0 bridgehead atoms. The molecule has 0 aliphatic carbocycles. The third-order valence-corrected chi connectivity index (χ3v) is 4.74. The Morgan fingerprint density at radius 3 is 2.47 bits per heavy atom. The lowest BCUT2D eigenvalue weighted by molar-refractivity contribution is 0.452. The molecule has 1 unspecified atom stereocenters. The monoisotopic (exact) mass is 254 g/mol. The van der Waals surface area contributed by atoms with Gasteiger partial charge in [0.15, 0.2) is 0 Å². The minimum absolute atomic E-state index is 0.330. The largest absolute Gasteiger partial charge is 0.315 e. The number of benzene rings is 1. The van der Waals surface area contributed by atoms with E-state index in [4.69, 9.17) is 0 Å². The Morgan fingerprint density at radius 1 is 1.29 bits per heavy atom. The van der Waals surface area contributed by atoms with Gasteiger partial charge in [0.25, 0.3) is 0 Å². The minimum atomic E-state index is -3.41. The Bertz CT molecular complexity index is 488. The summed E-state index contributed by atoms with van der Waals surface area (Å²) < 4.78 is 27.1. The molecule has 1 heterocycles. The number of hydrogen-bond donors (Lipinski definition) is 2. The summed E-state index contributed by atoms with van der Waals surface area (Å²) in [5, 5.41) is 3.17. The molecular weight excluding hydrogens is 236 g/mol. The quantitative estimate of drug-likeness (QED) is 0.847. The summed E-state index contributed by atoms with van der Waals surface area (Å²) >= 11 is 0. The van der Waals surface area contributed by atoms with Crippen molar-refractivity contribution in [1.82, 2.24) is 10.0 Å². The van der Waals surface area contributed by atoms with Crippen molar-refractivity contribution < 1.29 is 8.42 Å². The van der Waals surface area contributed by atoms with Gasteiger partial charge in [-0.1, -0.05) is 17.7 Å². The van der Waals surface area contributed by atoms with Gasteiger partial charge in [0.2, 0.25) is 10.0 Å². The zero-order chi connectivity index (χ0) is 12.5. The molecule has 2 N–H and O–H groups in total. The number of aryl methyl sites for hydroxylation is 1. The van der Waals surface area contributed by atoms with E-state index in [1.807, 2.05) is 26.0 Å². The fraction of sp³-hybridized carbons (Fsp3) is 0.500. The fourth-order valence-electron chi connectivity index (χ4n) is 2.00. The van der Waals surface area contributed by atoms with E-state index >= 15 is 0 Å². The van der Waals surface area contributed by atoms with E-state index in [0.717, 1.165) is 18.5 Å². The van der Waals surface area contributed by atoms with E-state index in [1.54, 1.807) is 12.1 Å². The summed E-state index contributed by atoms with van der Waals surface area (Å²) in [6.07, 6.45) is 0.818. The van der Waals surface area contributed by atoms with Crippen LogP contribution in [0.15, 0.2) is 29.2 Å². The van der Waals surface area contributed by atoms with Gasteiger partial charge in [-0.25, -0.2) is 13.1 Å². The van der Waals surface area contributed by atoms with Crippen molar-refractivity contribution in [2.45, 2.75) is 30.7 Å². The maximum absolute atomic E-state index is 12.2. The van der Waals surface area contributed by atoms with E-state index in [1.165, 1.54) is 0 Å². The topological polar surface area (TPSA) is 58.2 Å². The third kappa shape index (κ3) is 2.86. The predicted octanol–water partition coefficient (Wildman–Crippen LogP) is 1.03. The second kappa shape index (κ2) is 4.40. The number of nitrogens with one attached hydrogen (secondary N) is 2. The van der Waals surface area contributed by atoms with Gasteiger partial charge >= 0.3 is 0 Å². The van der Waals surface area contributed by atoms with Crippen LogP contribution in [0.2, 0.25) is 0 Å². The molecule has 4 nitrogen and oxygen atoms in total. The highest BCUT2D eigenvalue weighted by molar-refractivity contribution is 7.89. The highest BCUT2D eigenvalue weighted by atomic mass is 32.2. The van der Waals surface area contributed by atoms with Crippen LogP contribution in [0.3, 0.4) is 0 Å². The van der Waals surface area contributed by atoms with Gasteiger partial charge in [-0.3, -0.25) is 0 Å². The predicted molar refractivity (Wildman–Crippen MR) is 67.4 cm³/mol. The van der Waals surface area contributed by atoms with Crippen LogP contribution in [0, 0.1) is 6.92 Å². The maximum atomic E-state index is 12.2. The molecule has 1 aliphatic heterocycles. The van der Waals surface area contributed by atoms with Crippen molar-refractivity contribution in [3.8, 4) is 0 Å². The molecule has 0 radical (unpaired) electrons. The summed E-state index contributed by atoms with van der Waals surface area (Å²) in [6.45, 7) is 5.40. The van der Waals surface area contributed by atoms with E-state index < -0.39 is 10.0 Å². The Balaban J connectivity index is 2.22. The smallest absolute Gasteiger partial charge is 0.241 e. The van der Waals surface area contributed by atoms with Crippen molar-refractivity contribution in [2.75, 3.05) is 13.1 Å². The molecule has 0 aromatic heterocycles. The van der Waals surface area contributed by atoms with Crippen LogP contribution in [-0.4, -0.2) is 27.0 Å². The minimum Gasteiger partial charge on any atom is -0.315 e. The van der Waals surface area contributed by atoms with Gasteiger partial charge in [0.05, 0.1) is 4.90 Å². The SMILES string of the molecule is Cc1ccc(S(=O)(=O)NC2(C)CCNC2)cc1. The number of rotatable bonds is 3. The normalized spacial score (nSPS) is 25.1. The molecule has 2 rings (SSSR count). The van der Waals surface area contributed by atoms with Gasteiger partial charge in [-0.2, -0.15) is 0 Å². The Labute approximate surface area is 102 Å². The zero-order valence-corrected chi connectivity index (χ0v) is 11.0. The Morgan fingerprint density at radius 2 is 1.94 bits per heavy atom. The van der Waals surface area contributed by atoms with Crippen LogP contribution < -0.4 is 10.0 Å². The van der Waals surface area contributed by atoms with Crippen LogP contribution in [0.25, 0.3) is 0 Å². The van der Waals surface area contributed by atoms with Crippen LogP contribution >= 0.6 is 0 Å². The molecule has 5 heteroatoms. The van der Waals surface area contributed by atoms with E-state index in [0.29, 0.717) is 11.4 Å². The lowest BCUT2D eigenvalue weighted by Gasteiger charge is -2.24.